The van der Waals surface area contributed by atoms with Gasteiger partial charge in [0.15, 0.2) is 5.96 Å². The molecular formula is C21H33IN4O3. The number of guanidine groups is 1. The third-order valence-corrected chi connectivity index (χ3v) is 4.55. The van der Waals surface area contributed by atoms with Crippen molar-refractivity contribution >= 4 is 41.8 Å². The van der Waals surface area contributed by atoms with Crippen LogP contribution in [0.15, 0.2) is 29.3 Å². The first-order chi connectivity index (χ1) is 13.4. The molecule has 1 aliphatic heterocycles. The third kappa shape index (κ3) is 8.20. The average molecular weight is 516 g/mol. The van der Waals surface area contributed by atoms with E-state index < -0.39 is 0 Å². The number of halogens is 1. The first kappa shape index (κ1) is 25.2. The molecule has 0 radical (unpaired) electrons. The summed E-state index contributed by atoms with van der Waals surface area (Å²) >= 11 is 0. The van der Waals surface area contributed by atoms with Crippen molar-refractivity contribution in [3.05, 3.63) is 29.8 Å². The fourth-order valence-electron chi connectivity index (χ4n) is 2.93. The van der Waals surface area contributed by atoms with E-state index in [4.69, 9.17) is 4.74 Å². The van der Waals surface area contributed by atoms with E-state index in [-0.39, 0.29) is 41.8 Å². The van der Waals surface area contributed by atoms with Gasteiger partial charge in [0.25, 0.3) is 0 Å². The number of carbonyl (C=O) groups is 2. The molecule has 1 fully saturated rings. The lowest BCUT2D eigenvalue weighted by Crippen LogP contribution is -2.46. The Kier molecular flexibility index (Phi) is 11.0. The number of aliphatic imine (C=N–C) groups is 1. The Bertz CT molecular complexity index is 676. The van der Waals surface area contributed by atoms with Gasteiger partial charge in [-0.15, -0.1) is 24.0 Å². The molecule has 1 saturated heterocycles. The Hall–Kier alpha value is -1.84. The van der Waals surface area contributed by atoms with Crippen LogP contribution in [0.4, 0.5) is 0 Å². The van der Waals surface area contributed by atoms with Crippen molar-refractivity contribution in [2.75, 3.05) is 26.7 Å². The molecule has 0 saturated carbocycles. The lowest BCUT2D eigenvalue weighted by atomic mass is 10.1. The molecule has 0 aromatic heterocycles. The van der Waals surface area contributed by atoms with Crippen LogP contribution >= 0.6 is 24.0 Å². The largest absolute Gasteiger partial charge is 0.493 e. The van der Waals surface area contributed by atoms with Crippen LogP contribution in [0.1, 0.15) is 51.6 Å². The molecule has 0 spiro atoms. The van der Waals surface area contributed by atoms with E-state index in [2.05, 4.69) is 36.4 Å². The van der Waals surface area contributed by atoms with E-state index in [1.807, 2.05) is 24.3 Å². The Morgan fingerprint density at radius 3 is 2.31 bits per heavy atom. The number of likely N-dealkylation sites (tertiary alicyclic amines) is 1. The molecule has 162 valence electrons. The number of piperidine rings is 1. The van der Waals surface area contributed by atoms with E-state index in [0.717, 1.165) is 11.3 Å². The summed E-state index contributed by atoms with van der Waals surface area (Å²) in [6, 6.07) is 8.06. The molecule has 8 heteroatoms. The summed E-state index contributed by atoms with van der Waals surface area (Å²) in [6.45, 7) is 7.81. The summed E-state index contributed by atoms with van der Waals surface area (Å²) in [5.74, 6) is 1.81. The van der Waals surface area contributed by atoms with Gasteiger partial charge in [0.05, 0.1) is 12.6 Å². The maximum absolute atomic E-state index is 11.8. The molecule has 2 rings (SSSR count). The second-order valence-electron chi connectivity index (χ2n) is 7.43. The highest BCUT2D eigenvalue weighted by molar-refractivity contribution is 14.0. The molecule has 2 amide bonds. The molecule has 1 aromatic carbocycles. The molecule has 0 bridgehead atoms. The van der Waals surface area contributed by atoms with Crippen LogP contribution in [-0.4, -0.2) is 49.4 Å². The van der Waals surface area contributed by atoms with Crippen LogP contribution in [0.25, 0.3) is 0 Å². The highest BCUT2D eigenvalue weighted by Gasteiger charge is 2.25. The molecule has 7 nitrogen and oxygen atoms in total. The quantitative estimate of drug-likeness (QED) is 0.240. The monoisotopic (exact) mass is 516 g/mol. The van der Waals surface area contributed by atoms with Gasteiger partial charge in [0.1, 0.15) is 5.75 Å². The van der Waals surface area contributed by atoms with Gasteiger partial charge in [-0.1, -0.05) is 26.0 Å². The van der Waals surface area contributed by atoms with Crippen LogP contribution in [0, 0.1) is 5.92 Å². The van der Waals surface area contributed by atoms with Gasteiger partial charge in [0, 0.05) is 33.0 Å². The highest BCUT2D eigenvalue weighted by Crippen LogP contribution is 2.18. The van der Waals surface area contributed by atoms with Gasteiger partial charge >= 0.3 is 0 Å². The van der Waals surface area contributed by atoms with Gasteiger partial charge in [-0.25, -0.2) is 0 Å². The number of ether oxygens (including phenoxy) is 1. The number of nitrogens with one attached hydrogen (secondary N) is 2. The Balaban J connectivity index is 0.00000420. The third-order valence-electron chi connectivity index (χ3n) is 4.55. The summed E-state index contributed by atoms with van der Waals surface area (Å²) in [5.41, 5.74) is 1.11. The van der Waals surface area contributed by atoms with Crippen molar-refractivity contribution in [3.63, 3.8) is 0 Å². The Labute approximate surface area is 190 Å². The zero-order valence-corrected chi connectivity index (χ0v) is 20.1. The molecule has 0 aliphatic carbocycles. The minimum absolute atomic E-state index is 0. The predicted molar refractivity (Wildman–Crippen MR) is 126 cm³/mol. The van der Waals surface area contributed by atoms with Crippen molar-refractivity contribution in [1.82, 2.24) is 15.5 Å². The van der Waals surface area contributed by atoms with Gasteiger partial charge in [-0.3, -0.25) is 19.5 Å². The van der Waals surface area contributed by atoms with Gasteiger partial charge in [0.2, 0.25) is 11.8 Å². The van der Waals surface area contributed by atoms with Crippen LogP contribution in [0.3, 0.4) is 0 Å². The van der Waals surface area contributed by atoms with Crippen LogP contribution < -0.4 is 15.4 Å². The van der Waals surface area contributed by atoms with Crippen LogP contribution in [-0.2, 0) is 9.59 Å². The van der Waals surface area contributed by atoms with E-state index in [1.165, 1.54) is 4.90 Å². The van der Waals surface area contributed by atoms with Crippen molar-refractivity contribution < 1.29 is 14.3 Å². The molecule has 1 heterocycles. The zero-order chi connectivity index (χ0) is 20.5. The normalized spacial score (nSPS) is 15.8. The standard InChI is InChI=1S/C21H32N4O3.HI/c1-15(2)14-28-18-10-8-17(9-11-18)16(3)24-21(22-4)23-12-13-25-19(26)6-5-7-20(25)27;/h8-11,15-16H,5-7,12-14H2,1-4H3,(H2,22,23,24);1H. The predicted octanol–water partition coefficient (Wildman–Crippen LogP) is 3.10. The van der Waals surface area contributed by atoms with Crippen LogP contribution in [0.5, 0.6) is 5.75 Å². The number of benzene rings is 1. The second kappa shape index (κ2) is 12.7. The molecule has 29 heavy (non-hydrogen) atoms. The summed E-state index contributed by atoms with van der Waals surface area (Å²) in [7, 11) is 1.70. The van der Waals surface area contributed by atoms with E-state index >= 15 is 0 Å². The smallest absolute Gasteiger partial charge is 0.229 e. The first-order valence-electron chi connectivity index (χ1n) is 9.93. The summed E-state index contributed by atoms with van der Waals surface area (Å²) in [5, 5.41) is 6.49. The second-order valence-corrected chi connectivity index (χ2v) is 7.43. The number of rotatable bonds is 8. The van der Waals surface area contributed by atoms with Gasteiger partial charge < -0.3 is 15.4 Å². The molecular weight excluding hydrogens is 483 g/mol. The molecule has 1 atom stereocenters. The summed E-state index contributed by atoms with van der Waals surface area (Å²) in [4.78, 5) is 29.2. The maximum atomic E-state index is 11.8. The number of hydrogen-bond acceptors (Lipinski definition) is 4. The van der Waals surface area contributed by atoms with Crippen molar-refractivity contribution in [3.8, 4) is 5.75 Å². The number of imide groups is 1. The molecule has 1 aromatic rings. The first-order valence-corrected chi connectivity index (χ1v) is 9.93. The minimum Gasteiger partial charge on any atom is -0.493 e. The van der Waals surface area contributed by atoms with E-state index in [0.29, 0.717) is 50.8 Å². The number of nitrogens with zero attached hydrogens (tertiary/aromatic N) is 2. The topological polar surface area (TPSA) is 83.0 Å². The average Bonchev–Trinajstić information content (AvgIpc) is 2.68. The fourth-order valence-corrected chi connectivity index (χ4v) is 2.93. The number of carbonyl (C=O) groups excluding carboxylic acids is 2. The summed E-state index contributed by atoms with van der Waals surface area (Å²) < 4.78 is 5.72. The van der Waals surface area contributed by atoms with Gasteiger partial charge in [-0.2, -0.15) is 0 Å². The van der Waals surface area contributed by atoms with Crippen molar-refractivity contribution in [2.45, 2.75) is 46.1 Å². The van der Waals surface area contributed by atoms with Crippen molar-refractivity contribution in [2.24, 2.45) is 10.9 Å². The van der Waals surface area contributed by atoms with E-state index in [1.54, 1.807) is 7.05 Å². The number of amides is 2. The molecule has 1 unspecified atom stereocenters. The minimum atomic E-state index is -0.0888. The lowest BCUT2D eigenvalue weighted by Gasteiger charge is -2.25. The lowest BCUT2D eigenvalue weighted by molar-refractivity contribution is -0.147. The Morgan fingerprint density at radius 2 is 1.76 bits per heavy atom. The van der Waals surface area contributed by atoms with Crippen LogP contribution in [0.2, 0.25) is 0 Å². The molecule has 2 N–H and O–H groups in total. The molecule has 1 aliphatic rings. The van der Waals surface area contributed by atoms with Crippen molar-refractivity contribution in [1.29, 1.82) is 0 Å². The zero-order valence-electron chi connectivity index (χ0n) is 17.7. The number of hydrogen-bond donors (Lipinski definition) is 2. The fraction of sp³-hybridized carbons (Fsp3) is 0.571. The highest BCUT2D eigenvalue weighted by atomic mass is 127. The maximum Gasteiger partial charge on any atom is 0.229 e. The summed E-state index contributed by atoms with van der Waals surface area (Å²) in [6.07, 6.45) is 1.56. The van der Waals surface area contributed by atoms with Gasteiger partial charge in [-0.05, 0) is 37.0 Å². The SMILES string of the molecule is CN=C(NCCN1C(=O)CCCC1=O)NC(C)c1ccc(OCC(C)C)cc1.I. The Morgan fingerprint density at radius 1 is 1.14 bits per heavy atom. The van der Waals surface area contributed by atoms with E-state index in [9.17, 15) is 9.59 Å².